The molecule has 2 amide bonds. The van der Waals surface area contributed by atoms with Crippen molar-refractivity contribution in [1.82, 2.24) is 15.6 Å². The van der Waals surface area contributed by atoms with Crippen LogP contribution in [-0.4, -0.2) is 52.3 Å². The zero-order valence-electron chi connectivity index (χ0n) is 27.8. The molecular weight excluding hydrogens is 642 g/mol. The van der Waals surface area contributed by atoms with Crippen LogP contribution in [0.4, 0.5) is 11.4 Å². The highest BCUT2D eigenvalue weighted by molar-refractivity contribution is 6.06. The van der Waals surface area contributed by atoms with E-state index in [0.717, 1.165) is 18.4 Å². The van der Waals surface area contributed by atoms with Crippen LogP contribution in [0.15, 0.2) is 109 Å². The molecule has 50 heavy (non-hydrogen) atoms. The van der Waals surface area contributed by atoms with Gasteiger partial charge in [-0.15, -0.1) is 5.12 Å². The highest BCUT2D eigenvalue weighted by Gasteiger charge is 2.39. The average Bonchev–Trinajstić information content (AvgIpc) is 3.43. The second-order valence-electron chi connectivity index (χ2n) is 11.3. The third-order valence-electron chi connectivity index (χ3n) is 7.93. The summed E-state index contributed by atoms with van der Waals surface area (Å²) in [4.78, 5) is 39.1. The highest BCUT2D eigenvalue weighted by Crippen LogP contribution is 2.39. The molecule has 1 fully saturated rings. The number of aliphatic hydroxyl groups is 1. The third-order valence-corrected chi connectivity index (χ3v) is 7.93. The number of unbranched alkanes of at least 4 members (excludes halogenated alkanes) is 1. The van der Waals surface area contributed by atoms with E-state index in [0.29, 0.717) is 17.7 Å². The number of carbonyl (C=O) groups excluding carboxylic acids is 2. The number of hydrogen-bond acceptors (Lipinski definition) is 10. The number of hydrazine groups is 2. The molecule has 0 aromatic heterocycles. The van der Waals surface area contributed by atoms with E-state index >= 15 is 0 Å². The normalized spacial score (nSPS) is 13.8. The van der Waals surface area contributed by atoms with Gasteiger partial charge in [0.2, 0.25) is 0 Å². The molecule has 4 aromatic rings. The fraction of sp³-hybridized carbons (Fsp3) is 0.243. The molecule has 3 N–H and O–H groups in total. The van der Waals surface area contributed by atoms with Gasteiger partial charge in [-0.25, -0.2) is 5.01 Å². The summed E-state index contributed by atoms with van der Waals surface area (Å²) in [5.74, 6) is -1.00. The van der Waals surface area contributed by atoms with Crippen molar-refractivity contribution in [1.29, 1.82) is 0 Å². The van der Waals surface area contributed by atoms with Gasteiger partial charge in [0.05, 0.1) is 43.9 Å². The molecule has 5 rings (SSSR count). The predicted molar refractivity (Wildman–Crippen MR) is 186 cm³/mol. The van der Waals surface area contributed by atoms with Gasteiger partial charge < -0.3 is 24.6 Å². The lowest BCUT2D eigenvalue weighted by Crippen LogP contribution is -2.42. The Hall–Kier alpha value is -6.08. The predicted octanol–water partition coefficient (Wildman–Crippen LogP) is 6.29. The van der Waals surface area contributed by atoms with Gasteiger partial charge in [-0.05, 0) is 73.7 Å². The summed E-state index contributed by atoms with van der Waals surface area (Å²) in [7, 11) is 1.55. The second kappa shape index (κ2) is 16.8. The molecule has 1 aliphatic heterocycles. The molecule has 0 spiro atoms. The van der Waals surface area contributed by atoms with Crippen LogP contribution in [-0.2, 0) is 29.0 Å². The monoisotopic (exact) mass is 681 g/mol. The second-order valence-corrected chi connectivity index (χ2v) is 11.3. The SMILES string of the molecule is CCOC(O)=C1NN(Cc2ccc(OCCCCc3ccccc3)c(NC(=O)c3ccccc3)c2[N+](=O)[O-])N(Cc2ccc(OC)cc2)C1=O. The van der Waals surface area contributed by atoms with Crippen molar-refractivity contribution in [2.24, 2.45) is 0 Å². The van der Waals surface area contributed by atoms with Crippen molar-refractivity contribution in [3.8, 4) is 11.5 Å². The number of hydrogen-bond donors (Lipinski definition) is 3. The van der Waals surface area contributed by atoms with Gasteiger partial charge in [0.1, 0.15) is 11.5 Å². The van der Waals surface area contributed by atoms with Crippen LogP contribution in [0.25, 0.3) is 0 Å². The maximum atomic E-state index is 13.5. The molecule has 0 saturated carbocycles. The molecule has 0 unspecified atom stereocenters. The molecule has 1 saturated heterocycles. The molecule has 13 nitrogen and oxygen atoms in total. The van der Waals surface area contributed by atoms with Gasteiger partial charge in [0, 0.05) is 5.56 Å². The van der Waals surface area contributed by atoms with E-state index in [4.69, 9.17) is 14.2 Å². The lowest BCUT2D eigenvalue weighted by molar-refractivity contribution is -0.385. The minimum Gasteiger partial charge on any atom is -0.497 e. The number of amides is 2. The molecule has 0 radical (unpaired) electrons. The standard InChI is InChI=1S/C37H39N5O8/c1-3-49-37(45)33-36(44)40(24-27-17-20-30(48-2)21-18-27)41(39-33)25-29-19-22-31(50-23-11-10-14-26-12-6-4-7-13-26)32(34(29)42(46)47)38-35(43)28-15-8-5-9-16-28/h4-9,12-13,15-22,39,45H,3,10-11,14,23-25H2,1-2H3,(H,38,43). The number of nitro benzene ring substituents is 1. The Morgan fingerprint density at radius 3 is 2.28 bits per heavy atom. The maximum absolute atomic E-state index is 13.5. The Balaban J connectivity index is 1.45. The molecule has 13 heteroatoms. The summed E-state index contributed by atoms with van der Waals surface area (Å²) in [5.41, 5.74) is 4.50. The Kier molecular flexibility index (Phi) is 11.9. The van der Waals surface area contributed by atoms with Crippen molar-refractivity contribution in [3.63, 3.8) is 0 Å². The van der Waals surface area contributed by atoms with E-state index in [9.17, 15) is 24.8 Å². The van der Waals surface area contributed by atoms with Crippen LogP contribution in [0.3, 0.4) is 0 Å². The van der Waals surface area contributed by atoms with Crippen LogP contribution >= 0.6 is 0 Å². The fourth-order valence-electron chi connectivity index (χ4n) is 5.40. The van der Waals surface area contributed by atoms with Crippen LogP contribution in [0, 0.1) is 10.1 Å². The average molecular weight is 682 g/mol. The summed E-state index contributed by atoms with van der Waals surface area (Å²) in [6.45, 7) is 1.86. The highest BCUT2D eigenvalue weighted by atomic mass is 16.6. The van der Waals surface area contributed by atoms with E-state index in [1.807, 2.05) is 18.2 Å². The first-order valence-corrected chi connectivity index (χ1v) is 16.2. The third kappa shape index (κ3) is 8.68. The number of methoxy groups -OCH3 is 1. The summed E-state index contributed by atoms with van der Waals surface area (Å²) in [5, 5.41) is 28.6. The first kappa shape index (κ1) is 35.2. The Morgan fingerprint density at radius 2 is 1.62 bits per heavy atom. The zero-order valence-corrected chi connectivity index (χ0v) is 27.8. The number of nitro groups is 1. The van der Waals surface area contributed by atoms with E-state index in [-0.39, 0.29) is 49.0 Å². The minimum absolute atomic E-state index is 0.0499. The molecule has 1 heterocycles. The van der Waals surface area contributed by atoms with Crippen molar-refractivity contribution in [2.75, 3.05) is 25.6 Å². The first-order valence-electron chi connectivity index (χ1n) is 16.2. The number of ether oxygens (including phenoxy) is 3. The lowest BCUT2D eigenvalue weighted by Gasteiger charge is -2.27. The fourth-order valence-corrected chi connectivity index (χ4v) is 5.40. The maximum Gasteiger partial charge on any atom is 0.308 e. The number of nitrogens with one attached hydrogen (secondary N) is 2. The van der Waals surface area contributed by atoms with E-state index in [1.54, 1.807) is 74.7 Å². The van der Waals surface area contributed by atoms with Crippen molar-refractivity contribution < 1.29 is 33.8 Å². The number of aliphatic hydroxyl groups excluding tert-OH is 1. The van der Waals surface area contributed by atoms with Gasteiger partial charge in [-0.1, -0.05) is 60.7 Å². The molecule has 4 aromatic carbocycles. The van der Waals surface area contributed by atoms with Crippen molar-refractivity contribution >= 4 is 23.2 Å². The summed E-state index contributed by atoms with van der Waals surface area (Å²) in [6, 6.07) is 28.5. The van der Waals surface area contributed by atoms with Gasteiger partial charge in [-0.3, -0.25) is 25.1 Å². The number of benzene rings is 4. The molecule has 0 bridgehead atoms. The number of aryl methyl sites for hydroxylation is 1. The quantitative estimate of drug-likeness (QED) is 0.0404. The molecule has 260 valence electrons. The molecule has 1 aliphatic rings. The number of carbonyl (C=O) groups is 2. The minimum atomic E-state index is -0.610. The van der Waals surface area contributed by atoms with Crippen molar-refractivity contribution in [3.05, 3.63) is 141 Å². The van der Waals surface area contributed by atoms with Crippen LogP contribution in [0.2, 0.25) is 0 Å². The van der Waals surface area contributed by atoms with Gasteiger partial charge in [-0.2, -0.15) is 0 Å². The summed E-state index contributed by atoms with van der Waals surface area (Å²) in [6.07, 6.45) is 2.36. The number of nitrogens with zero attached hydrogens (tertiary/aromatic N) is 3. The molecule has 0 atom stereocenters. The van der Waals surface area contributed by atoms with Gasteiger partial charge in [0.15, 0.2) is 11.4 Å². The summed E-state index contributed by atoms with van der Waals surface area (Å²) >= 11 is 0. The molecule has 0 aliphatic carbocycles. The van der Waals surface area contributed by atoms with E-state index in [1.165, 1.54) is 21.8 Å². The van der Waals surface area contributed by atoms with Crippen LogP contribution in [0.5, 0.6) is 11.5 Å². The van der Waals surface area contributed by atoms with Crippen molar-refractivity contribution in [2.45, 2.75) is 39.3 Å². The number of rotatable bonds is 16. The molecular formula is C37H39N5O8. The number of anilines is 1. The summed E-state index contributed by atoms with van der Waals surface area (Å²) < 4.78 is 16.5. The zero-order chi connectivity index (χ0) is 35.5. The van der Waals surface area contributed by atoms with E-state index in [2.05, 4.69) is 22.9 Å². The lowest BCUT2D eigenvalue weighted by atomic mass is 10.1. The Morgan fingerprint density at radius 1 is 0.920 bits per heavy atom. The Bertz CT molecular complexity index is 1820. The van der Waals surface area contributed by atoms with E-state index < -0.39 is 28.4 Å². The van der Waals surface area contributed by atoms with Crippen LogP contribution < -0.4 is 20.2 Å². The smallest absolute Gasteiger partial charge is 0.308 e. The van der Waals surface area contributed by atoms with Gasteiger partial charge >= 0.3 is 11.6 Å². The van der Waals surface area contributed by atoms with Gasteiger partial charge in [0.25, 0.3) is 11.8 Å². The van der Waals surface area contributed by atoms with Crippen LogP contribution in [0.1, 0.15) is 46.8 Å². The Labute approximate surface area is 289 Å². The topological polar surface area (TPSA) is 156 Å². The first-order chi connectivity index (χ1) is 24.3. The largest absolute Gasteiger partial charge is 0.497 e.